The third kappa shape index (κ3) is 2.96. The summed E-state index contributed by atoms with van der Waals surface area (Å²) in [6, 6.07) is 7.16. The van der Waals surface area contributed by atoms with Gasteiger partial charge in [0.15, 0.2) is 11.3 Å². The number of carbonyl (C=O) groups is 3. The van der Waals surface area contributed by atoms with Gasteiger partial charge in [0, 0.05) is 23.2 Å². The Hall–Kier alpha value is -2.78. The summed E-state index contributed by atoms with van der Waals surface area (Å²) < 4.78 is 0.898. The van der Waals surface area contributed by atoms with Crippen LogP contribution in [0.5, 0.6) is 0 Å². The number of urea groups is 1. The maximum atomic E-state index is 13.7. The number of nitrogens with one attached hydrogen (secondary N) is 4. The molecule has 0 saturated carbocycles. The highest BCUT2D eigenvalue weighted by atomic mass is 32.1. The van der Waals surface area contributed by atoms with Gasteiger partial charge in [0.2, 0.25) is 0 Å². The number of hydrogen-bond donors (Lipinski definition) is 4. The molecule has 0 bridgehead atoms. The molecule has 2 aliphatic rings. The summed E-state index contributed by atoms with van der Waals surface area (Å²) in [6.07, 6.45) is 1.83. The van der Waals surface area contributed by atoms with E-state index in [1.807, 2.05) is 31.2 Å². The molecule has 28 heavy (non-hydrogen) atoms. The molecular weight excluding hydrogens is 378 g/mol. The Morgan fingerprint density at radius 2 is 2.18 bits per heavy atom. The third-order valence-electron chi connectivity index (χ3n) is 5.21. The maximum absolute atomic E-state index is 13.7. The van der Waals surface area contributed by atoms with E-state index in [1.54, 1.807) is 0 Å². The van der Waals surface area contributed by atoms with E-state index in [2.05, 4.69) is 26.3 Å². The third-order valence-corrected chi connectivity index (χ3v) is 6.30. The number of rotatable bonds is 4. The Bertz CT molecular complexity index is 985. The summed E-state index contributed by atoms with van der Waals surface area (Å²) >= 11 is 1.35. The smallest absolute Gasteiger partial charge is 0.319 e. The monoisotopic (exact) mass is 399 g/mol. The molecule has 3 amide bonds. The molecule has 1 saturated heterocycles. The van der Waals surface area contributed by atoms with E-state index in [1.165, 1.54) is 17.7 Å². The van der Waals surface area contributed by atoms with Crippen molar-refractivity contribution in [2.24, 2.45) is 10.9 Å². The number of anilines is 1. The normalized spacial score (nSPS) is 23.8. The van der Waals surface area contributed by atoms with Crippen LogP contribution in [0.15, 0.2) is 29.3 Å². The number of Topliss-reactive ketones (excluding diaryl/α,β-unsaturated/α-hetero) is 1. The highest BCUT2D eigenvalue weighted by Crippen LogP contribution is 2.41. The minimum absolute atomic E-state index is 0.189. The SMILES string of the molecule is CCNC(=O)Nc1sc2ccccc2c1C(=O)C1CNCCC12N=CNC2=O. The minimum atomic E-state index is -1.09. The summed E-state index contributed by atoms with van der Waals surface area (Å²) in [4.78, 5) is 42.7. The number of carbonyl (C=O) groups excluding carboxylic acids is 3. The lowest BCUT2D eigenvalue weighted by Gasteiger charge is -2.36. The van der Waals surface area contributed by atoms with Crippen molar-refractivity contribution in [1.29, 1.82) is 0 Å². The summed E-state index contributed by atoms with van der Waals surface area (Å²) in [5, 5.41) is 12.6. The highest BCUT2D eigenvalue weighted by molar-refractivity contribution is 7.23. The van der Waals surface area contributed by atoms with E-state index in [9.17, 15) is 14.4 Å². The first-order valence-electron chi connectivity index (χ1n) is 9.23. The second kappa shape index (κ2) is 7.33. The first-order valence-corrected chi connectivity index (χ1v) is 10.0. The van der Waals surface area contributed by atoms with Gasteiger partial charge in [-0.15, -0.1) is 11.3 Å². The Kier molecular flexibility index (Phi) is 4.86. The maximum Gasteiger partial charge on any atom is 0.319 e. The second-order valence-corrected chi connectivity index (χ2v) is 7.87. The van der Waals surface area contributed by atoms with Gasteiger partial charge in [0.25, 0.3) is 5.91 Å². The van der Waals surface area contributed by atoms with E-state index < -0.39 is 11.5 Å². The summed E-state index contributed by atoms with van der Waals surface area (Å²) in [7, 11) is 0. The number of piperidine rings is 1. The Balaban J connectivity index is 1.78. The molecule has 0 radical (unpaired) electrons. The van der Waals surface area contributed by atoms with Gasteiger partial charge in [-0.25, -0.2) is 4.79 Å². The molecule has 1 fully saturated rings. The number of thiophene rings is 1. The van der Waals surface area contributed by atoms with Crippen molar-refractivity contribution in [2.45, 2.75) is 18.9 Å². The topological polar surface area (TPSA) is 112 Å². The molecule has 146 valence electrons. The second-order valence-electron chi connectivity index (χ2n) is 6.81. The zero-order chi connectivity index (χ0) is 19.7. The van der Waals surface area contributed by atoms with Crippen LogP contribution in [0.25, 0.3) is 10.1 Å². The number of aliphatic imine (C=N–C) groups is 1. The fourth-order valence-electron chi connectivity index (χ4n) is 3.85. The largest absolute Gasteiger partial charge is 0.338 e. The van der Waals surface area contributed by atoms with Crippen LogP contribution in [-0.4, -0.2) is 49.2 Å². The molecule has 1 aromatic heterocycles. The minimum Gasteiger partial charge on any atom is -0.338 e. The van der Waals surface area contributed by atoms with E-state index >= 15 is 0 Å². The van der Waals surface area contributed by atoms with Crippen molar-refractivity contribution >= 4 is 50.5 Å². The molecule has 2 unspecified atom stereocenters. The number of benzene rings is 1. The summed E-state index contributed by atoms with van der Waals surface area (Å²) in [6.45, 7) is 3.27. The zero-order valence-corrected chi connectivity index (χ0v) is 16.2. The van der Waals surface area contributed by atoms with Crippen molar-refractivity contribution in [3.05, 3.63) is 29.8 Å². The fraction of sp³-hybridized carbons (Fsp3) is 0.368. The van der Waals surface area contributed by atoms with Crippen LogP contribution in [-0.2, 0) is 4.79 Å². The van der Waals surface area contributed by atoms with Gasteiger partial charge in [-0.1, -0.05) is 18.2 Å². The molecule has 4 N–H and O–H groups in total. The lowest BCUT2D eigenvalue weighted by molar-refractivity contribution is -0.125. The van der Waals surface area contributed by atoms with E-state index in [4.69, 9.17) is 0 Å². The van der Waals surface area contributed by atoms with Crippen LogP contribution < -0.4 is 21.3 Å². The first kappa shape index (κ1) is 18.6. The number of hydrogen-bond acceptors (Lipinski definition) is 6. The molecule has 8 nitrogen and oxygen atoms in total. The lowest BCUT2D eigenvalue weighted by Crippen LogP contribution is -2.57. The number of amides is 3. The van der Waals surface area contributed by atoms with E-state index in [0.717, 1.165) is 10.1 Å². The molecule has 1 aromatic carbocycles. The van der Waals surface area contributed by atoms with Crippen LogP contribution in [0.4, 0.5) is 9.80 Å². The quantitative estimate of drug-likeness (QED) is 0.587. The van der Waals surface area contributed by atoms with Gasteiger partial charge in [0.1, 0.15) is 5.00 Å². The van der Waals surface area contributed by atoms with E-state index in [-0.39, 0.29) is 17.7 Å². The van der Waals surface area contributed by atoms with Crippen LogP contribution in [0.2, 0.25) is 0 Å². The van der Waals surface area contributed by atoms with E-state index in [0.29, 0.717) is 36.6 Å². The average Bonchev–Trinajstić information content (AvgIpc) is 3.22. The van der Waals surface area contributed by atoms with Crippen molar-refractivity contribution in [2.75, 3.05) is 25.0 Å². The van der Waals surface area contributed by atoms with Crippen LogP contribution in [0, 0.1) is 5.92 Å². The molecule has 2 aromatic rings. The molecule has 9 heteroatoms. The Morgan fingerprint density at radius 3 is 2.93 bits per heavy atom. The predicted molar refractivity (Wildman–Crippen MR) is 109 cm³/mol. The molecule has 2 atom stereocenters. The van der Waals surface area contributed by atoms with Crippen molar-refractivity contribution in [3.8, 4) is 0 Å². The van der Waals surface area contributed by atoms with Crippen LogP contribution in [0.1, 0.15) is 23.7 Å². The Labute approximate surface area is 165 Å². The van der Waals surface area contributed by atoms with Gasteiger partial charge in [-0.05, 0) is 26.0 Å². The van der Waals surface area contributed by atoms with Crippen LogP contribution in [0.3, 0.4) is 0 Å². The number of fused-ring (bicyclic) bond motifs is 1. The van der Waals surface area contributed by atoms with Gasteiger partial charge >= 0.3 is 6.03 Å². The molecule has 0 aliphatic carbocycles. The molecule has 1 spiro atoms. The summed E-state index contributed by atoms with van der Waals surface area (Å²) in [5.41, 5.74) is -0.649. The van der Waals surface area contributed by atoms with Gasteiger partial charge in [0.05, 0.1) is 17.8 Å². The number of nitrogens with zero attached hydrogens (tertiary/aromatic N) is 1. The van der Waals surface area contributed by atoms with Crippen molar-refractivity contribution in [1.82, 2.24) is 16.0 Å². The van der Waals surface area contributed by atoms with Crippen molar-refractivity contribution in [3.63, 3.8) is 0 Å². The zero-order valence-electron chi connectivity index (χ0n) is 15.4. The van der Waals surface area contributed by atoms with Crippen molar-refractivity contribution < 1.29 is 14.4 Å². The first-order chi connectivity index (χ1) is 13.6. The lowest BCUT2D eigenvalue weighted by atomic mass is 9.74. The molecule has 3 heterocycles. The van der Waals surface area contributed by atoms with Gasteiger partial charge in [-0.3, -0.25) is 19.9 Å². The number of ketones is 1. The predicted octanol–water partition coefficient (Wildman–Crippen LogP) is 1.73. The van der Waals surface area contributed by atoms with Crippen LogP contribution >= 0.6 is 11.3 Å². The van der Waals surface area contributed by atoms with Gasteiger partial charge in [-0.2, -0.15) is 0 Å². The highest BCUT2D eigenvalue weighted by Gasteiger charge is 2.52. The standard InChI is InChI=1S/C19H21N5O3S/c1-2-21-18(27)24-16-14(11-5-3-4-6-13(11)28-16)15(25)12-9-20-8-7-19(12)17(26)22-10-23-19/h3-6,10,12,20H,2,7-9H2,1H3,(H2,21,24,27)(H,22,23,26). The molecule has 4 rings (SSSR count). The average molecular weight is 399 g/mol. The Morgan fingerprint density at radius 1 is 1.36 bits per heavy atom. The molecular formula is C19H21N5O3S. The fourth-order valence-corrected chi connectivity index (χ4v) is 4.96. The van der Waals surface area contributed by atoms with Gasteiger partial charge < -0.3 is 16.0 Å². The molecule has 2 aliphatic heterocycles. The summed E-state index contributed by atoms with van der Waals surface area (Å²) in [5.74, 6) is -1.08.